The van der Waals surface area contributed by atoms with Crippen molar-refractivity contribution in [3.63, 3.8) is 0 Å². The third-order valence-electron chi connectivity index (χ3n) is 5.39. The van der Waals surface area contributed by atoms with Crippen LogP contribution in [-0.4, -0.2) is 81.1 Å². The maximum Gasteiger partial charge on any atom is 0.218 e. The van der Waals surface area contributed by atoms with Crippen LogP contribution in [-0.2, 0) is 15.8 Å². The normalized spacial score (nSPS) is 16.5. The number of ketones is 1. The molecule has 0 bridgehead atoms. The van der Waals surface area contributed by atoms with E-state index in [1.807, 2.05) is 35.2 Å². The Hall–Kier alpha value is -2.46. The standard InChI is InChI=1S/C23H30N2O6S/c1-18(26)20-8-9-22(23(14-20)30-2)31-16-21(27)15-24-10-12-25(13-11-24)32(28,29)17-19-6-4-3-5-7-19/h3-9,14,21,27H,10-13,15-17H2,1-2H3. The highest BCUT2D eigenvalue weighted by Gasteiger charge is 2.28. The Bertz CT molecular complexity index is 1000. The van der Waals surface area contributed by atoms with Gasteiger partial charge in [0.15, 0.2) is 17.3 Å². The zero-order chi connectivity index (χ0) is 23.1. The van der Waals surface area contributed by atoms with Crippen molar-refractivity contribution in [3.05, 3.63) is 59.7 Å². The van der Waals surface area contributed by atoms with Crippen molar-refractivity contribution in [2.75, 3.05) is 46.4 Å². The van der Waals surface area contributed by atoms with Gasteiger partial charge in [0, 0.05) is 38.3 Å². The summed E-state index contributed by atoms with van der Waals surface area (Å²) in [6.45, 7) is 3.78. The van der Waals surface area contributed by atoms with E-state index >= 15 is 0 Å². The number of hydrogen-bond acceptors (Lipinski definition) is 7. The van der Waals surface area contributed by atoms with Crippen molar-refractivity contribution < 1.29 is 27.8 Å². The highest BCUT2D eigenvalue weighted by Crippen LogP contribution is 2.28. The van der Waals surface area contributed by atoms with E-state index in [4.69, 9.17) is 9.47 Å². The summed E-state index contributed by atoms with van der Waals surface area (Å²) in [5, 5.41) is 10.4. The lowest BCUT2D eigenvalue weighted by atomic mass is 10.1. The summed E-state index contributed by atoms with van der Waals surface area (Å²) in [4.78, 5) is 13.5. The Balaban J connectivity index is 1.46. The fraction of sp³-hybridized carbons (Fsp3) is 0.435. The first-order valence-corrected chi connectivity index (χ1v) is 12.1. The first-order valence-electron chi connectivity index (χ1n) is 10.5. The van der Waals surface area contributed by atoms with Crippen molar-refractivity contribution in [3.8, 4) is 11.5 Å². The maximum atomic E-state index is 12.7. The number of ether oxygens (including phenoxy) is 2. The van der Waals surface area contributed by atoms with Crippen LogP contribution >= 0.6 is 0 Å². The van der Waals surface area contributed by atoms with Crippen LogP contribution in [0.15, 0.2) is 48.5 Å². The van der Waals surface area contributed by atoms with Crippen molar-refractivity contribution in [1.29, 1.82) is 0 Å². The van der Waals surface area contributed by atoms with Gasteiger partial charge in [-0.05, 0) is 30.7 Å². The van der Waals surface area contributed by atoms with Crippen LogP contribution in [0.2, 0.25) is 0 Å². The lowest BCUT2D eigenvalue weighted by Gasteiger charge is -2.34. The zero-order valence-electron chi connectivity index (χ0n) is 18.4. The number of nitrogens with zero attached hydrogens (tertiary/aromatic N) is 2. The molecule has 2 aromatic rings. The number of aliphatic hydroxyl groups is 1. The second-order valence-corrected chi connectivity index (χ2v) is 9.80. The molecule has 0 saturated carbocycles. The third kappa shape index (κ3) is 6.52. The lowest BCUT2D eigenvalue weighted by Crippen LogP contribution is -2.51. The first kappa shape index (κ1) is 24.2. The zero-order valence-corrected chi connectivity index (χ0v) is 19.3. The molecule has 1 fully saturated rings. The molecule has 1 atom stereocenters. The second-order valence-electron chi connectivity index (χ2n) is 7.83. The molecule has 0 radical (unpaired) electrons. The average molecular weight is 463 g/mol. The van der Waals surface area contributed by atoms with Gasteiger partial charge in [-0.3, -0.25) is 9.69 Å². The largest absolute Gasteiger partial charge is 0.493 e. The molecule has 32 heavy (non-hydrogen) atoms. The molecule has 8 nitrogen and oxygen atoms in total. The SMILES string of the molecule is COc1cc(C(C)=O)ccc1OCC(O)CN1CCN(S(=O)(=O)Cc2ccccc2)CC1. The van der Waals surface area contributed by atoms with E-state index in [0.29, 0.717) is 49.8 Å². The molecule has 1 aliphatic rings. The monoisotopic (exact) mass is 462 g/mol. The first-order chi connectivity index (χ1) is 15.3. The Morgan fingerprint density at radius 1 is 1.06 bits per heavy atom. The summed E-state index contributed by atoms with van der Waals surface area (Å²) in [7, 11) is -1.88. The molecule has 174 valence electrons. The third-order valence-corrected chi connectivity index (χ3v) is 7.24. The second kappa shape index (κ2) is 10.9. The fourth-order valence-electron chi connectivity index (χ4n) is 3.61. The molecule has 2 aromatic carbocycles. The topological polar surface area (TPSA) is 96.4 Å². The van der Waals surface area contributed by atoms with Crippen LogP contribution in [0.5, 0.6) is 11.5 Å². The Labute approximate surface area is 189 Å². The molecule has 0 amide bonds. The van der Waals surface area contributed by atoms with E-state index in [-0.39, 0.29) is 18.1 Å². The molecule has 1 saturated heterocycles. The molecular formula is C23H30N2O6S. The van der Waals surface area contributed by atoms with Crippen LogP contribution in [0.1, 0.15) is 22.8 Å². The number of aliphatic hydroxyl groups excluding tert-OH is 1. The molecule has 9 heteroatoms. The highest BCUT2D eigenvalue weighted by atomic mass is 32.2. The highest BCUT2D eigenvalue weighted by molar-refractivity contribution is 7.88. The summed E-state index contributed by atoms with van der Waals surface area (Å²) in [5.41, 5.74) is 1.30. The van der Waals surface area contributed by atoms with Gasteiger partial charge in [0.1, 0.15) is 12.7 Å². The van der Waals surface area contributed by atoms with Gasteiger partial charge in [-0.15, -0.1) is 0 Å². The summed E-state index contributed by atoms with van der Waals surface area (Å²) in [5.74, 6) is 0.810. The number of piperazine rings is 1. The molecule has 1 heterocycles. The van der Waals surface area contributed by atoms with Crippen molar-refractivity contribution in [2.45, 2.75) is 18.8 Å². The van der Waals surface area contributed by atoms with Crippen LogP contribution in [0.25, 0.3) is 0 Å². The number of sulfonamides is 1. The van der Waals surface area contributed by atoms with Crippen LogP contribution in [0, 0.1) is 0 Å². The minimum Gasteiger partial charge on any atom is -0.493 e. The molecule has 1 N–H and O–H groups in total. The molecule has 0 aromatic heterocycles. The van der Waals surface area contributed by atoms with E-state index in [9.17, 15) is 18.3 Å². The number of Topliss-reactive ketones (excluding diaryl/α,β-unsaturated/α-hetero) is 1. The minimum atomic E-state index is -3.37. The van der Waals surface area contributed by atoms with Crippen LogP contribution in [0.3, 0.4) is 0 Å². The molecular weight excluding hydrogens is 432 g/mol. The van der Waals surface area contributed by atoms with Gasteiger partial charge in [-0.2, -0.15) is 4.31 Å². The predicted molar refractivity (Wildman–Crippen MR) is 122 cm³/mol. The number of hydrogen-bond donors (Lipinski definition) is 1. The summed E-state index contributed by atoms with van der Waals surface area (Å²) >= 11 is 0. The number of methoxy groups -OCH3 is 1. The molecule has 1 aliphatic heterocycles. The number of rotatable bonds is 10. The van der Waals surface area contributed by atoms with E-state index in [1.165, 1.54) is 18.3 Å². The average Bonchev–Trinajstić information content (AvgIpc) is 2.78. The number of carbonyl (C=O) groups excluding carboxylic acids is 1. The van der Waals surface area contributed by atoms with E-state index in [0.717, 1.165) is 5.56 Å². The quantitative estimate of drug-likeness (QED) is 0.538. The van der Waals surface area contributed by atoms with E-state index in [2.05, 4.69) is 0 Å². The molecule has 3 rings (SSSR count). The number of β-amino-alcohol motifs (C(OH)–C–C–N with tert-alkyl or cyclic N) is 1. The van der Waals surface area contributed by atoms with Gasteiger partial charge in [-0.1, -0.05) is 30.3 Å². The Morgan fingerprint density at radius 3 is 2.38 bits per heavy atom. The van der Waals surface area contributed by atoms with Crippen molar-refractivity contribution in [1.82, 2.24) is 9.21 Å². The van der Waals surface area contributed by atoms with Crippen molar-refractivity contribution in [2.24, 2.45) is 0 Å². The molecule has 1 unspecified atom stereocenters. The van der Waals surface area contributed by atoms with Gasteiger partial charge >= 0.3 is 0 Å². The van der Waals surface area contributed by atoms with Crippen LogP contribution in [0.4, 0.5) is 0 Å². The lowest BCUT2D eigenvalue weighted by molar-refractivity contribution is 0.0560. The van der Waals surface area contributed by atoms with Gasteiger partial charge < -0.3 is 14.6 Å². The predicted octanol–water partition coefficient (Wildman–Crippen LogP) is 1.79. The van der Waals surface area contributed by atoms with E-state index in [1.54, 1.807) is 18.2 Å². The maximum absolute atomic E-state index is 12.7. The van der Waals surface area contributed by atoms with E-state index < -0.39 is 16.1 Å². The van der Waals surface area contributed by atoms with Crippen molar-refractivity contribution >= 4 is 15.8 Å². The Morgan fingerprint density at radius 2 is 1.75 bits per heavy atom. The fourth-order valence-corrected chi connectivity index (χ4v) is 5.12. The molecule has 0 aliphatic carbocycles. The molecule has 0 spiro atoms. The van der Waals surface area contributed by atoms with Gasteiger partial charge in [0.05, 0.1) is 12.9 Å². The van der Waals surface area contributed by atoms with Crippen LogP contribution < -0.4 is 9.47 Å². The number of benzene rings is 2. The van der Waals surface area contributed by atoms with Gasteiger partial charge in [0.2, 0.25) is 10.0 Å². The summed E-state index contributed by atoms with van der Waals surface area (Å²) < 4.78 is 37.8. The Kier molecular flexibility index (Phi) is 8.25. The number of carbonyl (C=O) groups is 1. The summed E-state index contributed by atoms with van der Waals surface area (Å²) in [6.07, 6.45) is -0.750. The minimum absolute atomic E-state index is 0.00540. The van der Waals surface area contributed by atoms with Gasteiger partial charge in [0.25, 0.3) is 0 Å². The summed E-state index contributed by atoms with van der Waals surface area (Å²) in [6, 6.07) is 14.1. The smallest absolute Gasteiger partial charge is 0.218 e. The van der Waals surface area contributed by atoms with Gasteiger partial charge in [-0.25, -0.2) is 8.42 Å².